The predicted molar refractivity (Wildman–Crippen MR) is 110 cm³/mol. The highest BCUT2D eigenvalue weighted by Gasteiger charge is 2.42. The van der Waals surface area contributed by atoms with E-state index in [2.05, 4.69) is 4.98 Å². The van der Waals surface area contributed by atoms with E-state index in [9.17, 15) is 22.0 Å². The second-order valence-corrected chi connectivity index (χ2v) is 9.59. The molecule has 6 nitrogen and oxygen atoms in total. The zero-order valence-electron chi connectivity index (χ0n) is 16.8. The third-order valence-corrected chi connectivity index (χ3v) is 7.32. The number of imidazole rings is 1. The Morgan fingerprint density at radius 1 is 1.10 bits per heavy atom. The lowest BCUT2D eigenvalue weighted by atomic mass is 9.78. The van der Waals surface area contributed by atoms with E-state index in [-0.39, 0.29) is 36.4 Å². The first-order chi connectivity index (χ1) is 14.8. The molecule has 2 aromatic carbocycles. The summed E-state index contributed by atoms with van der Waals surface area (Å²) in [6, 6.07) is 12.5. The van der Waals surface area contributed by atoms with Crippen LogP contribution in [-0.2, 0) is 17.1 Å². The Kier molecular flexibility index (Phi) is 5.72. The van der Waals surface area contributed by atoms with Gasteiger partial charge in [-0.15, -0.1) is 0 Å². The maximum atomic E-state index is 14.1. The van der Waals surface area contributed by atoms with Crippen LogP contribution in [-0.4, -0.2) is 41.1 Å². The standard InChI is InChI=1S/C22H21F2N3O3S/c1-26-13-21(25-14-26)31(29,30)27-11-16(12-27)17(15-6-3-2-4-7-15)10-20(28)22-18(23)8-5-9-19(22)24/h2-9,13-14,16-17H,10-12H2,1H3. The van der Waals surface area contributed by atoms with E-state index in [0.717, 1.165) is 17.7 Å². The lowest BCUT2D eigenvalue weighted by Crippen LogP contribution is -2.52. The van der Waals surface area contributed by atoms with Gasteiger partial charge in [-0.1, -0.05) is 36.4 Å². The van der Waals surface area contributed by atoms with Gasteiger partial charge in [-0.3, -0.25) is 4.79 Å². The first-order valence-corrected chi connectivity index (χ1v) is 11.2. The van der Waals surface area contributed by atoms with Crippen molar-refractivity contribution < 1.29 is 22.0 Å². The van der Waals surface area contributed by atoms with Gasteiger partial charge in [0.15, 0.2) is 10.8 Å². The summed E-state index contributed by atoms with van der Waals surface area (Å²) in [6.45, 7) is 0.400. The number of rotatable bonds is 7. The molecule has 9 heteroatoms. The number of aromatic nitrogens is 2. The van der Waals surface area contributed by atoms with Crippen LogP contribution in [0.25, 0.3) is 0 Å². The fraction of sp³-hybridized carbons (Fsp3) is 0.273. The third-order valence-electron chi connectivity index (χ3n) is 5.61. The molecular formula is C22H21F2N3O3S. The van der Waals surface area contributed by atoms with Gasteiger partial charge in [-0.05, 0) is 29.5 Å². The van der Waals surface area contributed by atoms with Crippen LogP contribution in [0, 0.1) is 17.6 Å². The van der Waals surface area contributed by atoms with Crippen molar-refractivity contribution in [3.05, 3.63) is 83.8 Å². The molecule has 1 atom stereocenters. The van der Waals surface area contributed by atoms with Crippen molar-refractivity contribution in [3.63, 3.8) is 0 Å². The molecular weight excluding hydrogens is 424 g/mol. The van der Waals surface area contributed by atoms with E-state index in [1.165, 1.54) is 22.9 Å². The summed E-state index contributed by atoms with van der Waals surface area (Å²) in [5.41, 5.74) is 0.271. The topological polar surface area (TPSA) is 72.3 Å². The summed E-state index contributed by atoms with van der Waals surface area (Å²) >= 11 is 0. The number of hydrogen-bond acceptors (Lipinski definition) is 4. The number of benzene rings is 2. The molecule has 1 aliphatic heterocycles. The van der Waals surface area contributed by atoms with Crippen molar-refractivity contribution in [2.24, 2.45) is 13.0 Å². The summed E-state index contributed by atoms with van der Waals surface area (Å²) < 4.78 is 56.6. The molecule has 2 heterocycles. The quantitative estimate of drug-likeness (QED) is 0.523. The molecule has 1 unspecified atom stereocenters. The predicted octanol–water partition coefficient (Wildman–Crippen LogP) is 3.38. The zero-order chi connectivity index (χ0) is 22.2. The van der Waals surface area contributed by atoms with Crippen molar-refractivity contribution in [1.82, 2.24) is 13.9 Å². The lowest BCUT2D eigenvalue weighted by molar-refractivity contribution is 0.0923. The maximum Gasteiger partial charge on any atom is 0.262 e. The van der Waals surface area contributed by atoms with Gasteiger partial charge in [-0.25, -0.2) is 22.2 Å². The van der Waals surface area contributed by atoms with Gasteiger partial charge in [0.25, 0.3) is 10.0 Å². The van der Waals surface area contributed by atoms with E-state index in [1.54, 1.807) is 11.6 Å². The second-order valence-electron chi connectivity index (χ2n) is 7.70. The Hall–Kier alpha value is -2.91. The molecule has 0 aliphatic carbocycles. The number of aryl methyl sites for hydroxylation is 1. The van der Waals surface area contributed by atoms with E-state index in [0.29, 0.717) is 0 Å². The monoisotopic (exact) mass is 445 g/mol. The van der Waals surface area contributed by atoms with Crippen LogP contribution < -0.4 is 0 Å². The Labute approximate surface area is 179 Å². The highest BCUT2D eigenvalue weighted by molar-refractivity contribution is 7.89. The molecule has 0 radical (unpaired) electrons. The molecule has 0 N–H and O–H groups in total. The largest absolute Gasteiger partial charge is 0.339 e. The van der Waals surface area contributed by atoms with Crippen molar-refractivity contribution >= 4 is 15.8 Å². The smallest absolute Gasteiger partial charge is 0.262 e. The molecule has 0 spiro atoms. The summed E-state index contributed by atoms with van der Waals surface area (Å²) in [6.07, 6.45) is 2.73. The normalized spacial score (nSPS) is 16.1. The van der Waals surface area contributed by atoms with E-state index in [1.807, 2.05) is 30.3 Å². The number of ketones is 1. The van der Waals surface area contributed by atoms with Crippen LogP contribution >= 0.6 is 0 Å². The van der Waals surface area contributed by atoms with Crippen molar-refractivity contribution in [2.45, 2.75) is 17.4 Å². The summed E-state index contributed by atoms with van der Waals surface area (Å²) in [5, 5.41) is -0.0331. The number of halogens is 2. The van der Waals surface area contributed by atoms with E-state index in [4.69, 9.17) is 0 Å². The second kappa shape index (κ2) is 8.32. The fourth-order valence-corrected chi connectivity index (χ4v) is 5.42. The minimum Gasteiger partial charge on any atom is -0.339 e. The zero-order valence-corrected chi connectivity index (χ0v) is 17.6. The average Bonchev–Trinajstić information content (AvgIpc) is 3.14. The summed E-state index contributed by atoms with van der Waals surface area (Å²) in [5.74, 6) is -2.98. The van der Waals surface area contributed by atoms with Crippen molar-refractivity contribution in [2.75, 3.05) is 13.1 Å². The first kappa shape index (κ1) is 21.3. The number of hydrogen-bond donors (Lipinski definition) is 0. The molecule has 1 fully saturated rings. The fourth-order valence-electron chi connectivity index (χ4n) is 3.90. The first-order valence-electron chi connectivity index (χ1n) is 9.77. The SMILES string of the molecule is Cn1cnc(S(=O)(=O)N2CC(C(CC(=O)c3c(F)cccc3F)c3ccccc3)C2)c1. The van der Waals surface area contributed by atoms with Crippen LogP contribution in [0.4, 0.5) is 8.78 Å². The molecule has 3 aromatic rings. The molecule has 0 amide bonds. The summed E-state index contributed by atoms with van der Waals surface area (Å²) in [7, 11) is -2.04. The Balaban J connectivity index is 1.56. The number of nitrogens with zero attached hydrogens (tertiary/aromatic N) is 3. The molecule has 31 heavy (non-hydrogen) atoms. The molecule has 1 aromatic heterocycles. The van der Waals surface area contributed by atoms with Crippen LogP contribution in [0.5, 0.6) is 0 Å². The molecule has 1 saturated heterocycles. The average molecular weight is 445 g/mol. The minimum absolute atomic E-state index is 0.0331. The third kappa shape index (κ3) is 4.15. The van der Waals surface area contributed by atoms with Crippen LogP contribution in [0.3, 0.4) is 0 Å². The van der Waals surface area contributed by atoms with Gasteiger partial charge in [0.05, 0.1) is 11.9 Å². The number of sulfonamides is 1. The van der Waals surface area contributed by atoms with Crippen LogP contribution in [0.1, 0.15) is 28.3 Å². The Bertz CT molecular complexity index is 1190. The van der Waals surface area contributed by atoms with Gasteiger partial charge < -0.3 is 4.57 Å². The molecule has 0 bridgehead atoms. The van der Waals surface area contributed by atoms with Gasteiger partial charge in [0.2, 0.25) is 0 Å². The highest BCUT2D eigenvalue weighted by Crippen LogP contribution is 2.38. The number of carbonyl (C=O) groups excluding carboxylic acids is 1. The van der Waals surface area contributed by atoms with Crippen LogP contribution in [0.2, 0.25) is 0 Å². The van der Waals surface area contributed by atoms with E-state index >= 15 is 0 Å². The lowest BCUT2D eigenvalue weighted by Gasteiger charge is -2.42. The maximum absolute atomic E-state index is 14.1. The molecule has 0 saturated carbocycles. The van der Waals surface area contributed by atoms with Crippen molar-refractivity contribution in [3.8, 4) is 0 Å². The van der Waals surface area contributed by atoms with Crippen LogP contribution in [0.15, 0.2) is 66.1 Å². The number of carbonyl (C=O) groups is 1. The molecule has 1 aliphatic rings. The van der Waals surface area contributed by atoms with E-state index < -0.39 is 33.0 Å². The number of Topliss-reactive ketones (excluding diaryl/α,β-unsaturated/α-hetero) is 1. The van der Waals surface area contributed by atoms with Gasteiger partial charge in [0.1, 0.15) is 11.6 Å². The van der Waals surface area contributed by atoms with Gasteiger partial charge >= 0.3 is 0 Å². The Morgan fingerprint density at radius 3 is 2.32 bits per heavy atom. The minimum atomic E-state index is -3.73. The Morgan fingerprint density at radius 2 is 1.74 bits per heavy atom. The van der Waals surface area contributed by atoms with Gasteiger partial charge in [0, 0.05) is 32.8 Å². The summed E-state index contributed by atoms with van der Waals surface area (Å²) in [4.78, 5) is 16.7. The molecule has 4 rings (SSSR count). The molecule has 162 valence electrons. The highest BCUT2D eigenvalue weighted by atomic mass is 32.2. The van der Waals surface area contributed by atoms with Gasteiger partial charge in [-0.2, -0.15) is 4.31 Å². The van der Waals surface area contributed by atoms with Crippen molar-refractivity contribution in [1.29, 1.82) is 0 Å².